The van der Waals surface area contributed by atoms with Crippen LogP contribution in [0.1, 0.15) is 5.56 Å². The summed E-state index contributed by atoms with van der Waals surface area (Å²) in [5.41, 5.74) is 1.21. The number of hydrogen-bond acceptors (Lipinski definition) is 5. The number of hydrogen-bond donors (Lipinski definition) is 3. The van der Waals surface area contributed by atoms with Crippen LogP contribution in [0.25, 0.3) is 10.9 Å². The number of fused-ring (bicyclic) bond motifs is 2. The molecule has 2 aromatic rings. The molecule has 1 aliphatic rings. The average Bonchev–Trinajstić information content (AvgIpc) is 2.84. The second kappa shape index (κ2) is 4.91. The fourth-order valence-electron chi connectivity index (χ4n) is 2.07. The fraction of sp³-hybridized carbons (Fsp3) is 0.308. The van der Waals surface area contributed by atoms with Gasteiger partial charge < -0.3 is 24.9 Å². The maximum absolute atomic E-state index is 11.9. The van der Waals surface area contributed by atoms with Gasteiger partial charge in [-0.1, -0.05) is 0 Å². The van der Waals surface area contributed by atoms with Crippen molar-refractivity contribution < 1.29 is 14.6 Å². The van der Waals surface area contributed by atoms with E-state index < -0.39 is 0 Å². The van der Waals surface area contributed by atoms with Gasteiger partial charge in [0.15, 0.2) is 11.5 Å². The summed E-state index contributed by atoms with van der Waals surface area (Å²) in [6, 6.07) is 5.44. The zero-order valence-electron chi connectivity index (χ0n) is 10.2. The summed E-state index contributed by atoms with van der Waals surface area (Å²) in [7, 11) is 0. The maximum Gasteiger partial charge on any atom is 0.252 e. The highest BCUT2D eigenvalue weighted by Crippen LogP contribution is 2.35. The lowest BCUT2D eigenvalue weighted by molar-refractivity contribution is 0.174. The van der Waals surface area contributed by atoms with Gasteiger partial charge in [0, 0.05) is 30.1 Å². The molecule has 0 radical (unpaired) electrons. The minimum absolute atomic E-state index is 0.0458. The van der Waals surface area contributed by atoms with Crippen molar-refractivity contribution >= 4 is 10.9 Å². The van der Waals surface area contributed by atoms with E-state index in [9.17, 15) is 4.79 Å². The second-order valence-corrected chi connectivity index (χ2v) is 4.32. The molecule has 0 saturated carbocycles. The molecule has 0 atom stereocenters. The summed E-state index contributed by atoms with van der Waals surface area (Å²) in [4.78, 5) is 14.7. The number of rotatable bonds is 4. The first-order valence-electron chi connectivity index (χ1n) is 6.05. The molecule has 1 aromatic carbocycles. The fourth-order valence-corrected chi connectivity index (χ4v) is 2.07. The predicted octanol–water partition coefficient (Wildman–Crippen LogP) is 0.339. The van der Waals surface area contributed by atoms with Crippen LogP contribution in [0.5, 0.6) is 11.5 Å². The third kappa shape index (κ3) is 2.27. The monoisotopic (exact) mass is 262 g/mol. The Hall–Kier alpha value is -2.05. The van der Waals surface area contributed by atoms with Crippen molar-refractivity contribution in [2.45, 2.75) is 6.54 Å². The quantitative estimate of drug-likeness (QED) is 0.692. The van der Waals surface area contributed by atoms with Crippen LogP contribution in [0.3, 0.4) is 0 Å². The Morgan fingerprint density at radius 2 is 2.05 bits per heavy atom. The molecule has 0 aliphatic carbocycles. The maximum atomic E-state index is 11.9. The van der Waals surface area contributed by atoms with Gasteiger partial charge in [0.25, 0.3) is 5.56 Å². The summed E-state index contributed by atoms with van der Waals surface area (Å²) in [6.45, 7) is 1.13. The third-order valence-corrected chi connectivity index (χ3v) is 3.02. The predicted molar refractivity (Wildman–Crippen MR) is 69.5 cm³/mol. The minimum atomic E-state index is -0.142. The molecule has 0 saturated heterocycles. The van der Waals surface area contributed by atoms with Crippen LogP contribution in [-0.4, -0.2) is 30.0 Å². The molecule has 6 nitrogen and oxygen atoms in total. The van der Waals surface area contributed by atoms with Gasteiger partial charge in [-0.25, -0.2) is 0 Å². The second-order valence-electron chi connectivity index (χ2n) is 4.32. The first-order valence-corrected chi connectivity index (χ1v) is 6.05. The van der Waals surface area contributed by atoms with Crippen LogP contribution in [0, 0.1) is 0 Å². The Kier molecular flexibility index (Phi) is 3.10. The number of aliphatic hydroxyl groups excluding tert-OH is 1. The first kappa shape index (κ1) is 12.0. The van der Waals surface area contributed by atoms with Gasteiger partial charge >= 0.3 is 0 Å². The number of aromatic nitrogens is 1. The van der Waals surface area contributed by atoms with E-state index in [4.69, 9.17) is 14.6 Å². The topological polar surface area (TPSA) is 83.6 Å². The third-order valence-electron chi connectivity index (χ3n) is 3.02. The van der Waals surface area contributed by atoms with E-state index >= 15 is 0 Å². The zero-order chi connectivity index (χ0) is 13.2. The first-order chi connectivity index (χ1) is 9.28. The number of benzene rings is 1. The Bertz CT molecular complexity index is 665. The molecule has 1 aliphatic heterocycles. The summed E-state index contributed by atoms with van der Waals surface area (Å²) in [5.74, 6) is 1.34. The van der Waals surface area contributed by atoms with Gasteiger partial charge in [-0.05, 0) is 12.1 Å². The van der Waals surface area contributed by atoms with Crippen LogP contribution in [0.15, 0.2) is 23.0 Å². The number of aromatic amines is 1. The molecule has 100 valence electrons. The summed E-state index contributed by atoms with van der Waals surface area (Å²) < 4.78 is 10.6. The van der Waals surface area contributed by atoms with Gasteiger partial charge in [0.05, 0.1) is 12.1 Å². The molecule has 0 unspecified atom stereocenters. The van der Waals surface area contributed by atoms with Gasteiger partial charge in [-0.2, -0.15) is 0 Å². The van der Waals surface area contributed by atoms with Gasteiger partial charge in [-0.15, -0.1) is 0 Å². The molecular weight excluding hydrogens is 248 g/mol. The number of aliphatic hydroxyl groups is 1. The molecule has 3 rings (SSSR count). The Balaban J connectivity index is 1.99. The van der Waals surface area contributed by atoms with E-state index in [-0.39, 0.29) is 19.0 Å². The van der Waals surface area contributed by atoms with Crippen molar-refractivity contribution in [1.29, 1.82) is 0 Å². The zero-order valence-corrected chi connectivity index (χ0v) is 10.2. The molecule has 19 heavy (non-hydrogen) atoms. The smallest absolute Gasteiger partial charge is 0.252 e. The largest absolute Gasteiger partial charge is 0.454 e. The van der Waals surface area contributed by atoms with E-state index in [1.807, 2.05) is 12.1 Å². The number of nitrogens with one attached hydrogen (secondary N) is 2. The van der Waals surface area contributed by atoms with Gasteiger partial charge in [0.2, 0.25) is 6.79 Å². The van der Waals surface area contributed by atoms with Crippen LogP contribution >= 0.6 is 0 Å². The van der Waals surface area contributed by atoms with Crippen molar-refractivity contribution in [3.05, 3.63) is 34.1 Å². The summed E-state index contributed by atoms with van der Waals surface area (Å²) >= 11 is 0. The van der Waals surface area contributed by atoms with E-state index in [1.54, 1.807) is 6.07 Å². The van der Waals surface area contributed by atoms with Gasteiger partial charge in [0.1, 0.15) is 0 Å². The van der Waals surface area contributed by atoms with E-state index in [0.717, 1.165) is 10.9 Å². The minimum Gasteiger partial charge on any atom is -0.454 e. The molecule has 3 N–H and O–H groups in total. The van der Waals surface area contributed by atoms with Crippen molar-refractivity contribution in [2.24, 2.45) is 0 Å². The highest BCUT2D eigenvalue weighted by Gasteiger charge is 2.15. The lowest BCUT2D eigenvalue weighted by Gasteiger charge is -2.05. The Labute approximate surface area is 109 Å². The lowest BCUT2D eigenvalue weighted by atomic mass is 10.1. The summed E-state index contributed by atoms with van der Waals surface area (Å²) in [6.07, 6.45) is 0. The van der Waals surface area contributed by atoms with E-state index in [0.29, 0.717) is 30.2 Å². The highest BCUT2D eigenvalue weighted by atomic mass is 16.7. The highest BCUT2D eigenvalue weighted by molar-refractivity contribution is 5.83. The van der Waals surface area contributed by atoms with Crippen molar-refractivity contribution in [2.75, 3.05) is 19.9 Å². The van der Waals surface area contributed by atoms with Crippen LogP contribution in [0.4, 0.5) is 0 Å². The molecule has 1 aromatic heterocycles. The SMILES string of the molecule is O=c1[nH]c2cc3c(cc2cc1CNCCO)OCO3. The molecule has 0 amide bonds. The van der Waals surface area contributed by atoms with E-state index in [1.165, 1.54) is 0 Å². The number of ether oxygens (including phenoxy) is 2. The van der Waals surface area contributed by atoms with Crippen LogP contribution in [0.2, 0.25) is 0 Å². The summed E-state index contributed by atoms with van der Waals surface area (Å²) in [5, 5.41) is 12.6. The molecule has 0 spiro atoms. The normalized spacial score (nSPS) is 13.1. The van der Waals surface area contributed by atoms with E-state index in [2.05, 4.69) is 10.3 Å². The van der Waals surface area contributed by atoms with Crippen LogP contribution in [-0.2, 0) is 6.54 Å². The molecule has 0 bridgehead atoms. The van der Waals surface area contributed by atoms with Crippen molar-refractivity contribution in [1.82, 2.24) is 10.3 Å². The Morgan fingerprint density at radius 1 is 1.26 bits per heavy atom. The molecule has 2 heterocycles. The number of pyridine rings is 1. The Morgan fingerprint density at radius 3 is 2.84 bits per heavy atom. The molecule has 0 fully saturated rings. The number of H-pyrrole nitrogens is 1. The molecule has 6 heteroatoms. The average molecular weight is 262 g/mol. The van der Waals surface area contributed by atoms with Crippen molar-refractivity contribution in [3.8, 4) is 11.5 Å². The van der Waals surface area contributed by atoms with Crippen LogP contribution < -0.4 is 20.3 Å². The van der Waals surface area contributed by atoms with Gasteiger partial charge in [-0.3, -0.25) is 4.79 Å². The lowest BCUT2D eigenvalue weighted by Crippen LogP contribution is -2.23. The standard InChI is InChI=1S/C13H14N2O4/c16-2-1-14-6-9-3-8-4-11-12(19-7-18-11)5-10(8)15-13(9)17/h3-5,14,16H,1-2,6-7H2,(H,15,17). The molecular formula is C13H14N2O4. The van der Waals surface area contributed by atoms with Crippen molar-refractivity contribution in [3.63, 3.8) is 0 Å².